The Balaban J connectivity index is 1.66. The Morgan fingerprint density at radius 1 is 1.19 bits per heavy atom. The highest BCUT2D eigenvalue weighted by Gasteiger charge is 2.03. The minimum atomic E-state index is 0.333. The van der Waals surface area contributed by atoms with Crippen molar-refractivity contribution in [1.82, 2.24) is 5.32 Å². The summed E-state index contributed by atoms with van der Waals surface area (Å²) in [7, 11) is 0. The van der Waals surface area contributed by atoms with Crippen molar-refractivity contribution in [2.24, 2.45) is 0 Å². The molecule has 0 fully saturated rings. The average molecular weight is 217 g/mol. The summed E-state index contributed by atoms with van der Waals surface area (Å²) in [5, 5.41) is 12.6. The summed E-state index contributed by atoms with van der Waals surface area (Å²) in [6, 6.07) is 7.38. The second kappa shape index (κ2) is 5.71. The Morgan fingerprint density at radius 3 is 2.69 bits per heavy atom. The highest BCUT2D eigenvalue weighted by atomic mass is 16.3. The van der Waals surface area contributed by atoms with Crippen molar-refractivity contribution >= 4 is 0 Å². The maximum Gasteiger partial charge on any atom is 0.115 e. The van der Waals surface area contributed by atoms with Gasteiger partial charge in [0.2, 0.25) is 0 Å². The van der Waals surface area contributed by atoms with Crippen molar-refractivity contribution in [3.05, 3.63) is 41.5 Å². The molecule has 0 radical (unpaired) electrons. The van der Waals surface area contributed by atoms with E-state index in [9.17, 15) is 0 Å². The van der Waals surface area contributed by atoms with Gasteiger partial charge in [-0.3, -0.25) is 0 Å². The summed E-state index contributed by atoms with van der Waals surface area (Å²) < 4.78 is 0. The van der Waals surface area contributed by atoms with Crippen LogP contribution in [-0.4, -0.2) is 11.7 Å². The van der Waals surface area contributed by atoms with E-state index in [1.165, 1.54) is 31.2 Å². The number of phenolic OH excluding ortho intramolecular Hbond substituents is 1. The molecule has 2 rings (SSSR count). The minimum Gasteiger partial charge on any atom is -0.508 e. The van der Waals surface area contributed by atoms with Crippen molar-refractivity contribution in [3.63, 3.8) is 0 Å². The molecule has 2 nitrogen and oxygen atoms in total. The molecule has 0 heterocycles. The lowest BCUT2D eigenvalue weighted by Gasteiger charge is -2.05. The van der Waals surface area contributed by atoms with E-state index in [1.807, 2.05) is 12.1 Å². The number of rotatable bonds is 5. The molecule has 0 saturated carbocycles. The van der Waals surface area contributed by atoms with Crippen molar-refractivity contribution in [1.29, 1.82) is 0 Å². The smallest absolute Gasteiger partial charge is 0.115 e. The Kier molecular flexibility index (Phi) is 4.00. The van der Waals surface area contributed by atoms with Gasteiger partial charge in [-0.05, 0) is 49.9 Å². The summed E-state index contributed by atoms with van der Waals surface area (Å²) in [5.74, 6) is 0.333. The third kappa shape index (κ3) is 3.38. The lowest BCUT2D eigenvalue weighted by atomic mass is 10.1. The number of aromatic hydroxyl groups is 1. The topological polar surface area (TPSA) is 32.3 Å². The molecule has 0 unspecified atom stereocenters. The zero-order valence-electron chi connectivity index (χ0n) is 9.58. The van der Waals surface area contributed by atoms with Gasteiger partial charge in [-0.15, -0.1) is 0 Å². The van der Waals surface area contributed by atoms with E-state index in [-0.39, 0.29) is 0 Å². The number of hydrogen-bond donors (Lipinski definition) is 2. The van der Waals surface area contributed by atoms with Crippen LogP contribution in [0.1, 0.15) is 31.2 Å². The average Bonchev–Trinajstić information content (AvgIpc) is 2.80. The molecule has 1 aromatic rings. The van der Waals surface area contributed by atoms with Crippen LogP contribution in [0.5, 0.6) is 5.75 Å². The summed E-state index contributed by atoms with van der Waals surface area (Å²) in [5.41, 5.74) is 2.83. The molecule has 1 aliphatic rings. The number of benzene rings is 1. The van der Waals surface area contributed by atoms with E-state index in [4.69, 9.17) is 5.11 Å². The van der Waals surface area contributed by atoms with E-state index < -0.39 is 0 Å². The molecule has 2 heteroatoms. The predicted octanol–water partition coefficient (Wildman–Crippen LogP) is 2.98. The first-order valence-electron chi connectivity index (χ1n) is 6.01. The molecule has 0 saturated heterocycles. The first-order valence-corrected chi connectivity index (χ1v) is 6.01. The van der Waals surface area contributed by atoms with Crippen molar-refractivity contribution < 1.29 is 5.11 Å². The summed E-state index contributed by atoms with van der Waals surface area (Å²) in [6.07, 6.45) is 7.46. The highest BCUT2D eigenvalue weighted by Crippen LogP contribution is 2.19. The number of phenols is 1. The van der Waals surface area contributed by atoms with Crippen LogP contribution in [0.25, 0.3) is 0 Å². The molecule has 1 aliphatic carbocycles. The molecule has 0 aliphatic heterocycles. The minimum absolute atomic E-state index is 0.333. The Bertz CT molecular complexity index is 354. The molecule has 0 aromatic heterocycles. The maximum absolute atomic E-state index is 9.14. The van der Waals surface area contributed by atoms with Crippen LogP contribution in [0.2, 0.25) is 0 Å². The maximum atomic E-state index is 9.14. The van der Waals surface area contributed by atoms with Crippen LogP contribution in [0, 0.1) is 0 Å². The largest absolute Gasteiger partial charge is 0.508 e. The van der Waals surface area contributed by atoms with E-state index >= 15 is 0 Å². The van der Waals surface area contributed by atoms with E-state index in [0.29, 0.717) is 5.75 Å². The van der Waals surface area contributed by atoms with Gasteiger partial charge in [0.05, 0.1) is 0 Å². The van der Waals surface area contributed by atoms with Crippen LogP contribution >= 0.6 is 0 Å². The van der Waals surface area contributed by atoms with Gasteiger partial charge >= 0.3 is 0 Å². The SMILES string of the molecule is Oc1ccc(CNCCC2=CCCC2)cc1. The second-order valence-corrected chi connectivity index (χ2v) is 4.35. The van der Waals surface area contributed by atoms with Crippen LogP contribution in [0.4, 0.5) is 0 Å². The fourth-order valence-corrected chi connectivity index (χ4v) is 2.06. The quantitative estimate of drug-likeness (QED) is 0.587. The van der Waals surface area contributed by atoms with E-state index in [2.05, 4.69) is 11.4 Å². The van der Waals surface area contributed by atoms with Gasteiger partial charge in [0.25, 0.3) is 0 Å². The zero-order valence-corrected chi connectivity index (χ0v) is 9.58. The van der Waals surface area contributed by atoms with Gasteiger partial charge in [0, 0.05) is 6.54 Å². The summed E-state index contributed by atoms with van der Waals surface area (Å²) in [6.45, 7) is 1.93. The molecule has 2 N–H and O–H groups in total. The molecule has 0 bridgehead atoms. The van der Waals surface area contributed by atoms with Gasteiger partial charge < -0.3 is 10.4 Å². The zero-order chi connectivity index (χ0) is 11.2. The third-order valence-corrected chi connectivity index (χ3v) is 3.02. The van der Waals surface area contributed by atoms with Crippen molar-refractivity contribution in [2.75, 3.05) is 6.54 Å². The number of nitrogens with one attached hydrogen (secondary N) is 1. The van der Waals surface area contributed by atoms with Crippen molar-refractivity contribution in [3.8, 4) is 5.75 Å². The molecule has 1 aromatic carbocycles. The first-order chi connectivity index (χ1) is 7.84. The van der Waals surface area contributed by atoms with E-state index in [0.717, 1.165) is 13.1 Å². The van der Waals surface area contributed by atoms with Crippen LogP contribution < -0.4 is 5.32 Å². The molecular weight excluding hydrogens is 198 g/mol. The lowest BCUT2D eigenvalue weighted by Crippen LogP contribution is -2.14. The van der Waals surface area contributed by atoms with E-state index in [1.54, 1.807) is 17.7 Å². The standard InChI is InChI=1S/C14H19NO/c16-14-7-5-13(6-8-14)11-15-10-9-12-3-1-2-4-12/h3,5-8,15-16H,1-2,4,9-11H2. The molecule has 0 spiro atoms. The molecular formula is C14H19NO. The molecule has 0 atom stereocenters. The second-order valence-electron chi connectivity index (χ2n) is 4.35. The van der Waals surface area contributed by atoms with Gasteiger partial charge in [-0.25, -0.2) is 0 Å². The Morgan fingerprint density at radius 2 is 2.00 bits per heavy atom. The van der Waals surface area contributed by atoms with Crippen LogP contribution in [0.15, 0.2) is 35.9 Å². The predicted molar refractivity (Wildman–Crippen MR) is 66.4 cm³/mol. The summed E-state index contributed by atoms with van der Waals surface area (Å²) in [4.78, 5) is 0. The normalized spacial score (nSPS) is 15.1. The van der Waals surface area contributed by atoms with Crippen molar-refractivity contribution in [2.45, 2.75) is 32.2 Å². The van der Waals surface area contributed by atoms with Gasteiger partial charge in [0.15, 0.2) is 0 Å². The van der Waals surface area contributed by atoms with Gasteiger partial charge in [0.1, 0.15) is 5.75 Å². The Labute approximate surface area is 97.0 Å². The lowest BCUT2D eigenvalue weighted by molar-refractivity contribution is 0.475. The molecule has 0 amide bonds. The third-order valence-electron chi connectivity index (χ3n) is 3.02. The van der Waals surface area contributed by atoms with Crippen LogP contribution in [0.3, 0.4) is 0 Å². The fourth-order valence-electron chi connectivity index (χ4n) is 2.06. The number of allylic oxidation sites excluding steroid dienone is 1. The number of hydrogen-bond acceptors (Lipinski definition) is 2. The Hall–Kier alpha value is -1.28. The first kappa shape index (κ1) is 11.2. The molecule has 86 valence electrons. The fraction of sp³-hybridized carbons (Fsp3) is 0.429. The van der Waals surface area contributed by atoms with Gasteiger partial charge in [-0.2, -0.15) is 0 Å². The summed E-state index contributed by atoms with van der Waals surface area (Å²) >= 11 is 0. The molecule has 16 heavy (non-hydrogen) atoms. The highest BCUT2D eigenvalue weighted by molar-refractivity contribution is 5.25. The van der Waals surface area contributed by atoms with Crippen LogP contribution in [-0.2, 0) is 6.54 Å². The van der Waals surface area contributed by atoms with Gasteiger partial charge in [-0.1, -0.05) is 23.8 Å². The monoisotopic (exact) mass is 217 g/mol.